The summed E-state index contributed by atoms with van der Waals surface area (Å²) in [6, 6.07) is 8.89. The molecule has 1 aromatic carbocycles. The lowest BCUT2D eigenvalue weighted by molar-refractivity contribution is -0.111. The Morgan fingerprint density at radius 2 is 1.96 bits per heavy atom. The molecule has 2 amide bonds. The van der Waals surface area contributed by atoms with Crippen LogP contribution in [0.4, 0.5) is 5.00 Å². The third kappa shape index (κ3) is 4.92. The number of rotatable bonds is 5. The number of carbonyl (C=O) groups excluding carboxylic acids is 2. The van der Waals surface area contributed by atoms with E-state index in [4.69, 9.17) is 11.6 Å². The van der Waals surface area contributed by atoms with Crippen molar-refractivity contribution in [1.82, 2.24) is 10.4 Å². The molecule has 1 aromatic heterocycles. The van der Waals surface area contributed by atoms with Crippen LogP contribution < -0.4 is 10.7 Å². The Morgan fingerprint density at radius 3 is 2.65 bits per heavy atom. The summed E-state index contributed by atoms with van der Waals surface area (Å²) in [5, 5.41) is 7.06. The van der Waals surface area contributed by atoms with Gasteiger partial charge in [0, 0.05) is 25.2 Å². The fraction of sp³-hybridized carbons (Fsp3) is 0.125. The Labute approximate surface area is 143 Å². The van der Waals surface area contributed by atoms with E-state index in [9.17, 15) is 9.59 Å². The zero-order chi connectivity index (χ0) is 16.8. The summed E-state index contributed by atoms with van der Waals surface area (Å²) < 4.78 is 0. The lowest BCUT2D eigenvalue weighted by Gasteiger charge is -2.12. The molecule has 23 heavy (non-hydrogen) atoms. The molecule has 5 nitrogen and oxygen atoms in total. The first kappa shape index (κ1) is 17.2. The second-order valence-corrected chi connectivity index (χ2v) is 6.17. The van der Waals surface area contributed by atoms with Gasteiger partial charge in [0.25, 0.3) is 5.91 Å². The fourth-order valence-electron chi connectivity index (χ4n) is 1.78. The normalized spacial score (nSPS) is 11.0. The maximum atomic E-state index is 12.0. The molecule has 1 heterocycles. The van der Waals surface area contributed by atoms with Gasteiger partial charge in [0.2, 0.25) is 5.91 Å². The molecule has 0 saturated heterocycles. The minimum absolute atomic E-state index is 0.276. The molecule has 2 rings (SSSR count). The highest BCUT2D eigenvalue weighted by molar-refractivity contribution is 7.14. The largest absolute Gasteiger partial charge is 0.313 e. The van der Waals surface area contributed by atoms with E-state index in [1.807, 2.05) is 18.2 Å². The van der Waals surface area contributed by atoms with Gasteiger partial charge in [-0.25, -0.2) is 5.01 Å². The van der Waals surface area contributed by atoms with Crippen molar-refractivity contribution in [2.45, 2.75) is 0 Å². The van der Waals surface area contributed by atoms with Gasteiger partial charge in [-0.3, -0.25) is 15.0 Å². The summed E-state index contributed by atoms with van der Waals surface area (Å²) in [6.45, 7) is 0. The zero-order valence-corrected chi connectivity index (χ0v) is 14.2. The number of halogens is 1. The van der Waals surface area contributed by atoms with E-state index in [1.165, 1.54) is 17.4 Å². The molecular formula is C16H16ClN3O2S. The number of hydrazine groups is 1. The van der Waals surface area contributed by atoms with Gasteiger partial charge in [0.15, 0.2) is 0 Å². The molecule has 0 aliphatic carbocycles. The van der Waals surface area contributed by atoms with Crippen LogP contribution in [0.5, 0.6) is 0 Å². The third-order valence-electron chi connectivity index (χ3n) is 2.79. The first-order chi connectivity index (χ1) is 11.0. The SMILES string of the molecule is CN(C)NC(=O)c1ccsc1NC(=O)/C=C/c1ccccc1Cl. The fourth-order valence-corrected chi connectivity index (χ4v) is 2.76. The summed E-state index contributed by atoms with van der Waals surface area (Å²) in [6.07, 6.45) is 3.01. The van der Waals surface area contributed by atoms with Crippen LogP contribution in [-0.2, 0) is 4.79 Å². The van der Waals surface area contributed by atoms with Gasteiger partial charge < -0.3 is 5.32 Å². The molecule has 2 aromatic rings. The molecule has 120 valence electrons. The minimum atomic E-state index is -0.328. The first-order valence-corrected chi connectivity index (χ1v) is 8.02. The topological polar surface area (TPSA) is 61.4 Å². The molecule has 0 atom stereocenters. The minimum Gasteiger partial charge on any atom is -0.313 e. The van der Waals surface area contributed by atoms with E-state index in [0.717, 1.165) is 5.56 Å². The van der Waals surface area contributed by atoms with Gasteiger partial charge in [-0.15, -0.1) is 11.3 Å². The van der Waals surface area contributed by atoms with Crippen LogP contribution in [0.25, 0.3) is 6.08 Å². The number of anilines is 1. The summed E-state index contributed by atoms with van der Waals surface area (Å²) in [5.41, 5.74) is 3.81. The number of carbonyl (C=O) groups is 2. The second kappa shape index (κ2) is 7.92. The molecule has 0 spiro atoms. The summed E-state index contributed by atoms with van der Waals surface area (Å²) >= 11 is 7.31. The molecule has 0 aliphatic heterocycles. The lowest BCUT2D eigenvalue weighted by Crippen LogP contribution is -2.36. The van der Waals surface area contributed by atoms with Crippen molar-refractivity contribution in [2.24, 2.45) is 0 Å². The average molecular weight is 350 g/mol. The number of benzene rings is 1. The highest BCUT2D eigenvalue weighted by Gasteiger charge is 2.14. The Morgan fingerprint density at radius 1 is 1.22 bits per heavy atom. The number of hydrogen-bond donors (Lipinski definition) is 2. The zero-order valence-electron chi connectivity index (χ0n) is 12.7. The van der Waals surface area contributed by atoms with Crippen molar-refractivity contribution in [3.8, 4) is 0 Å². The van der Waals surface area contributed by atoms with Crippen LogP contribution in [-0.4, -0.2) is 30.9 Å². The van der Waals surface area contributed by atoms with E-state index in [2.05, 4.69) is 10.7 Å². The van der Waals surface area contributed by atoms with Crippen molar-refractivity contribution in [2.75, 3.05) is 19.4 Å². The predicted molar refractivity (Wildman–Crippen MR) is 94.6 cm³/mol. The summed E-state index contributed by atoms with van der Waals surface area (Å²) in [5.74, 6) is -0.604. The Bertz CT molecular complexity index is 740. The van der Waals surface area contributed by atoms with Crippen LogP contribution in [0, 0.1) is 0 Å². The smallest absolute Gasteiger partial charge is 0.268 e. The monoisotopic (exact) mass is 349 g/mol. The van der Waals surface area contributed by atoms with Gasteiger partial charge >= 0.3 is 0 Å². The van der Waals surface area contributed by atoms with Gasteiger partial charge in [-0.05, 0) is 29.2 Å². The van der Waals surface area contributed by atoms with E-state index >= 15 is 0 Å². The van der Waals surface area contributed by atoms with Crippen LogP contribution in [0.15, 0.2) is 41.8 Å². The molecule has 0 fully saturated rings. The second-order valence-electron chi connectivity index (χ2n) is 4.84. The van der Waals surface area contributed by atoms with Crippen molar-refractivity contribution < 1.29 is 9.59 Å². The predicted octanol–water partition coefficient (Wildman–Crippen LogP) is 3.26. The van der Waals surface area contributed by atoms with Gasteiger partial charge in [0.05, 0.1) is 5.56 Å². The molecule has 0 aliphatic rings. The lowest BCUT2D eigenvalue weighted by atomic mass is 10.2. The maximum Gasteiger partial charge on any atom is 0.268 e. The number of nitrogens with one attached hydrogen (secondary N) is 2. The highest BCUT2D eigenvalue weighted by Crippen LogP contribution is 2.23. The molecule has 7 heteroatoms. The van der Waals surface area contributed by atoms with E-state index < -0.39 is 0 Å². The summed E-state index contributed by atoms with van der Waals surface area (Å²) in [7, 11) is 3.43. The van der Waals surface area contributed by atoms with Crippen molar-refractivity contribution in [3.05, 3.63) is 57.9 Å². The number of nitrogens with zero attached hydrogens (tertiary/aromatic N) is 1. The number of hydrogen-bond acceptors (Lipinski definition) is 4. The summed E-state index contributed by atoms with van der Waals surface area (Å²) in [4.78, 5) is 24.0. The maximum absolute atomic E-state index is 12.0. The molecular weight excluding hydrogens is 334 g/mol. The van der Waals surface area contributed by atoms with Crippen molar-refractivity contribution >= 4 is 45.8 Å². The van der Waals surface area contributed by atoms with Gasteiger partial charge in [-0.1, -0.05) is 29.8 Å². The van der Waals surface area contributed by atoms with Crippen molar-refractivity contribution in [3.63, 3.8) is 0 Å². The Balaban J connectivity index is 2.05. The van der Waals surface area contributed by atoms with Crippen LogP contribution >= 0.6 is 22.9 Å². The molecule has 0 unspecified atom stereocenters. The van der Waals surface area contributed by atoms with Crippen LogP contribution in [0.2, 0.25) is 5.02 Å². The van der Waals surface area contributed by atoms with E-state index in [1.54, 1.807) is 42.7 Å². The molecule has 0 radical (unpaired) electrons. The van der Waals surface area contributed by atoms with Gasteiger partial charge in [-0.2, -0.15) is 0 Å². The molecule has 2 N–H and O–H groups in total. The highest BCUT2D eigenvalue weighted by atomic mass is 35.5. The van der Waals surface area contributed by atoms with E-state index in [-0.39, 0.29) is 11.8 Å². The van der Waals surface area contributed by atoms with E-state index in [0.29, 0.717) is 15.6 Å². The standard InChI is InChI=1S/C16H16ClN3O2S/c1-20(2)19-15(22)12-9-10-23-16(12)18-14(21)8-7-11-5-3-4-6-13(11)17/h3-10H,1-2H3,(H,18,21)(H,19,22)/b8-7+. The molecule has 0 bridgehead atoms. The Hall–Kier alpha value is -2.15. The molecule has 0 saturated carbocycles. The number of thiophene rings is 1. The Kier molecular flexibility index (Phi) is 5.92. The van der Waals surface area contributed by atoms with Gasteiger partial charge in [0.1, 0.15) is 5.00 Å². The quantitative estimate of drug-likeness (QED) is 0.643. The van der Waals surface area contributed by atoms with Crippen LogP contribution in [0.3, 0.4) is 0 Å². The average Bonchev–Trinajstić information content (AvgIpc) is 2.94. The third-order valence-corrected chi connectivity index (χ3v) is 3.97. The first-order valence-electron chi connectivity index (χ1n) is 6.77. The van der Waals surface area contributed by atoms with Crippen LogP contribution in [0.1, 0.15) is 15.9 Å². The van der Waals surface area contributed by atoms with Crippen molar-refractivity contribution in [1.29, 1.82) is 0 Å². The number of amides is 2.